The van der Waals surface area contributed by atoms with Crippen LogP contribution in [0, 0.1) is 17.0 Å². The van der Waals surface area contributed by atoms with Gasteiger partial charge in [-0.15, -0.1) is 0 Å². The van der Waals surface area contributed by atoms with Gasteiger partial charge in [-0.25, -0.2) is 8.42 Å². The molecular weight excluding hydrogens is 396 g/mol. The average molecular weight is 416 g/mol. The first-order chi connectivity index (χ1) is 13.7. The van der Waals surface area contributed by atoms with E-state index in [0.717, 1.165) is 9.87 Å². The van der Waals surface area contributed by atoms with Crippen LogP contribution in [0.2, 0.25) is 0 Å². The molecule has 0 spiro atoms. The zero-order chi connectivity index (χ0) is 21.0. The first kappa shape index (κ1) is 19.5. The zero-order valence-corrected chi connectivity index (χ0v) is 16.8. The molecule has 9 heteroatoms. The van der Waals surface area contributed by atoms with Gasteiger partial charge in [-0.05, 0) is 31.2 Å². The third-order valence-corrected chi connectivity index (χ3v) is 7.69. The smallest absolute Gasteiger partial charge is 0.296 e. The van der Waals surface area contributed by atoms with Crippen LogP contribution in [0.3, 0.4) is 0 Å². The fourth-order valence-electron chi connectivity index (χ4n) is 4.54. The molecule has 2 aromatic rings. The van der Waals surface area contributed by atoms with E-state index in [0.29, 0.717) is 0 Å². The number of aryl methyl sites for hydroxylation is 1. The summed E-state index contributed by atoms with van der Waals surface area (Å²) < 4.78 is 33.6. The van der Waals surface area contributed by atoms with E-state index in [1.165, 1.54) is 19.2 Å². The molecule has 0 aromatic heterocycles. The lowest BCUT2D eigenvalue weighted by molar-refractivity contribution is -0.596. The predicted octanol–water partition coefficient (Wildman–Crippen LogP) is 2.42. The molecule has 0 N–H and O–H groups in total. The van der Waals surface area contributed by atoms with E-state index in [9.17, 15) is 23.3 Å². The second-order valence-electron chi connectivity index (χ2n) is 7.40. The summed E-state index contributed by atoms with van der Waals surface area (Å²) >= 11 is 0. The van der Waals surface area contributed by atoms with Crippen molar-refractivity contribution in [2.75, 3.05) is 11.4 Å². The van der Waals surface area contributed by atoms with E-state index >= 15 is 0 Å². The van der Waals surface area contributed by atoms with E-state index in [4.69, 9.17) is 4.74 Å². The molecule has 152 valence electrons. The van der Waals surface area contributed by atoms with Crippen LogP contribution < -0.4 is 4.31 Å². The summed E-state index contributed by atoms with van der Waals surface area (Å²) in [7, 11) is -2.83. The highest BCUT2D eigenvalue weighted by Crippen LogP contribution is 2.54. The van der Waals surface area contributed by atoms with Crippen molar-refractivity contribution >= 4 is 21.5 Å². The molecule has 1 saturated carbocycles. The first-order valence-corrected chi connectivity index (χ1v) is 10.6. The predicted molar refractivity (Wildman–Crippen MR) is 105 cm³/mol. The molecule has 0 bridgehead atoms. The lowest BCUT2D eigenvalue weighted by atomic mass is 9.73. The summed E-state index contributed by atoms with van der Waals surface area (Å²) in [6, 6.07) is 11.4. The molecule has 4 rings (SSSR count). The van der Waals surface area contributed by atoms with Crippen LogP contribution in [0.1, 0.15) is 24.0 Å². The van der Waals surface area contributed by atoms with E-state index in [1.807, 2.05) is 6.92 Å². The van der Waals surface area contributed by atoms with Crippen molar-refractivity contribution in [1.82, 2.24) is 0 Å². The van der Waals surface area contributed by atoms with Crippen LogP contribution >= 0.6 is 0 Å². The molecule has 1 aliphatic carbocycles. The molecule has 8 nitrogen and oxygen atoms in total. The lowest BCUT2D eigenvalue weighted by Crippen LogP contribution is -2.62. The van der Waals surface area contributed by atoms with Crippen molar-refractivity contribution < 1.29 is 22.9 Å². The minimum absolute atomic E-state index is 0.0176. The lowest BCUT2D eigenvalue weighted by Gasteiger charge is -2.39. The molecule has 0 radical (unpaired) electrons. The SMILES string of the molecule is CO[C@H]1CC(=O)C[C@@H]2N(S(=O)(=O)c3ccc(C)cc3)c3ccccc3[C@]12[N+](=O)[O-]. The maximum Gasteiger partial charge on any atom is 0.296 e. The molecule has 1 heterocycles. The Kier molecular flexibility index (Phi) is 4.47. The number of sulfonamides is 1. The molecule has 1 fully saturated rings. The van der Waals surface area contributed by atoms with Crippen LogP contribution in [0.25, 0.3) is 0 Å². The van der Waals surface area contributed by atoms with Crippen LogP contribution in [0.5, 0.6) is 0 Å². The van der Waals surface area contributed by atoms with Gasteiger partial charge in [0.2, 0.25) is 0 Å². The van der Waals surface area contributed by atoms with Crippen LogP contribution in [-0.2, 0) is 25.1 Å². The zero-order valence-electron chi connectivity index (χ0n) is 15.9. The van der Waals surface area contributed by atoms with Gasteiger partial charge in [0, 0.05) is 24.9 Å². The van der Waals surface area contributed by atoms with Gasteiger partial charge in [-0.1, -0.05) is 29.8 Å². The Morgan fingerprint density at radius 2 is 1.79 bits per heavy atom. The van der Waals surface area contributed by atoms with Crippen molar-refractivity contribution in [3.8, 4) is 0 Å². The van der Waals surface area contributed by atoms with Crippen LogP contribution in [0.15, 0.2) is 53.4 Å². The highest BCUT2D eigenvalue weighted by Gasteiger charge is 2.70. The molecule has 1 aliphatic heterocycles. The van der Waals surface area contributed by atoms with Gasteiger partial charge in [-0.2, -0.15) is 0 Å². The summed E-state index contributed by atoms with van der Waals surface area (Å²) in [5, 5.41) is 12.4. The molecular formula is C20H20N2O6S. The van der Waals surface area contributed by atoms with Gasteiger partial charge in [0.05, 0.1) is 16.1 Å². The monoisotopic (exact) mass is 416 g/mol. The number of ketones is 1. The number of ether oxygens (including phenoxy) is 1. The molecule has 29 heavy (non-hydrogen) atoms. The quantitative estimate of drug-likeness (QED) is 0.560. The number of carbonyl (C=O) groups is 1. The van der Waals surface area contributed by atoms with Crippen molar-refractivity contribution in [1.29, 1.82) is 0 Å². The number of nitrogens with zero attached hydrogens (tertiary/aromatic N) is 2. The highest BCUT2D eigenvalue weighted by atomic mass is 32.2. The number of anilines is 1. The maximum atomic E-state index is 13.6. The number of carbonyl (C=O) groups excluding carboxylic acids is 1. The van der Waals surface area contributed by atoms with Gasteiger partial charge in [-0.3, -0.25) is 19.2 Å². The first-order valence-electron chi connectivity index (χ1n) is 9.14. The Morgan fingerprint density at radius 1 is 1.14 bits per heavy atom. The normalized spacial score (nSPS) is 26.1. The van der Waals surface area contributed by atoms with Gasteiger partial charge in [0.25, 0.3) is 15.6 Å². The van der Waals surface area contributed by atoms with Gasteiger partial charge >= 0.3 is 0 Å². The third kappa shape index (κ3) is 2.61. The van der Waals surface area contributed by atoms with Crippen molar-refractivity contribution in [2.24, 2.45) is 0 Å². The molecule has 3 atom stereocenters. The fourth-order valence-corrected chi connectivity index (χ4v) is 6.24. The second kappa shape index (κ2) is 6.64. The molecule has 2 aromatic carbocycles. The minimum Gasteiger partial charge on any atom is -0.373 e. The maximum absolute atomic E-state index is 13.6. The number of fused-ring (bicyclic) bond motifs is 3. The Hall–Kier alpha value is -2.78. The topological polar surface area (TPSA) is 107 Å². The Balaban J connectivity index is 2.00. The summed E-state index contributed by atoms with van der Waals surface area (Å²) in [6.07, 6.45) is -1.45. The largest absolute Gasteiger partial charge is 0.373 e. The second-order valence-corrected chi connectivity index (χ2v) is 9.22. The highest BCUT2D eigenvalue weighted by molar-refractivity contribution is 7.92. The molecule has 0 unspecified atom stereocenters. The number of para-hydroxylation sites is 1. The van der Waals surface area contributed by atoms with E-state index < -0.39 is 32.6 Å². The third-order valence-electron chi connectivity index (χ3n) is 5.85. The summed E-state index contributed by atoms with van der Waals surface area (Å²) in [5.74, 6) is -0.267. The average Bonchev–Trinajstić information content (AvgIpc) is 2.99. The van der Waals surface area contributed by atoms with Gasteiger partial charge in [0.1, 0.15) is 17.9 Å². The number of benzene rings is 2. The summed E-state index contributed by atoms with van der Waals surface area (Å²) in [6.45, 7) is 1.84. The standard InChI is InChI=1S/C20H20N2O6S/c1-13-7-9-15(10-8-13)29(26,27)21-17-6-4-3-5-16(17)20(22(24)25)18(21)11-14(23)12-19(20)28-2/h3-10,18-19H,11-12H2,1-2H3/t18-,19-,20+/m0/s1. The molecule has 0 saturated heterocycles. The number of Topliss-reactive ketones (excluding diaryl/α,β-unsaturated/α-hetero) is 1. The Morgan fingerprint density at radius 3 is 2.41 bits per heavy atom. The summed E-state index contributed by atoms with van der Waals surface area (Å²) in [5.41, 5.74) is -0.494. The van der Waals surface area contributed by atoms with Crippen LogP contribution in [0.4, 0.5) is 5.69 Å². The Bertz CT molecular complexity index is 1100. The van der Waals surface area contributed by atoms with E-state index in [2.05, 4.69) is 0 Å². The van der Waals surface area contributed by atoms with Crippen molar-refractivity contribution in [3.63, 3.8) is 0 Å². The van der Waals surface area contributed by atoms with Crippen molar-refractivity contribution in [3.05, 3.63) is 69.8 Å². The Labute approximate surface area is 168 Å². The number of nitro groups is 1. The molecule has 0 amide bonds. The number of hydrogen-bond donors (Lipinski definition) is 0. The van der Waals surface area contributed by atoms with Gasteiger partial charge < -0.3 is 4.74 Å². The van der Waals surface area contributed by atoms with Gasteiger partial charge in [0.15, 0.2) is 0 Å². The van der Waals surface area contributed by atoms with E-state index in [1.54, 1.807) is 36.4 Å². The van der Waals surface area contributed by atoms with Crippen LogP contribution in [-0.4, -0.2) is 38.4 Å². The minimum atomic E-state index is -4.14. The number of methoxy groups -OCH3 is 1. The summed E-state index contributed by atoms with van der Waals surface area (Å²) in [4.78, 5) is 24.4. The number of rotatable bonds is 4. The number of hydrogen-bond acceptors (Lipinski definition) is 6. The fraction of sp³-hybridized carbons (Fsp3) is 0.350. The molecule has 2 aliphatic rings. The van der Waals surface area contributed by atoms with E-state index in [-0.39, 0.29) is 34.8 Å². The van der Waals surface area contributed by atoms with Crippen molar-refractivity contribution in [2.45, 2.75) is 42.3 Å².